The maximum atomic E-state index is 11.9. The first kappa shape index (κ1) is 14.6. The highest BCUT2D eigenvalue weighted by molar-refractivity contribution is 5.73. The van der Waals surface area contributed by atoms with Gasteiger partial charge in [-0.05, 0) is 37.0 Å². The minimum Gasteiger partial charge on any atom is -0.497 e. The van der Waals surface area contributed by atoms with E-state index in [0.717, 1.165) is 11.3 Å². The van der Waals surface area contributed by atoms with Crippen molar-refractivity contribution in [2.45, 2.75) is 27.2 Å². The van der Waals surface area contributed by atoms with E-state index in [1.165, 1.54) is 0 Å². The maximum absolute atomic E-state index is 11.9. The van der Waals surface area contributed by atoms with Gasteiger partial charge in [-0.3, -0.25) is 4.79 Å². The molecule has 1 aromatic carbocycles. The second kappa shape index (κ2) is 7.04. The zero-order valence-electron chi connectivity index (χ0n) is 11.6. The lowest BCUT2D eigenvalue weighted by Crippen LogP contribution is -2.25. The standard InChI is InChI=1S/C15H22O3/c1-5-18-15(16)14(11(2)3)10-12-6-8-13(17-4)9-7-12/h6-9,11,14H,5,10H2,1-4H3. The van der Waals surface area contributed by atoms with E-state index in [9.17, 15) is 4.79 Å². The van der Waals surface area contributed by atoms with Crippen molar-refractivity contribution in [1.82, 2.24) is 0 Å². The number of carbonyl (C=O) groups excluding carboxylic acids is 1. The Kier molecular flexibility index (Phi) is 5.69. The van der Waals surface area contributed by atoms with Crippen molar-refractivity contribution in [3.8, 4) is 5.75 Å². The Morgan fingerprint density at radius 3 is 2.28 bits per heavy atom. The van der Waals surface area contributed by atoms with Crippen molar-refractivity contribution in [3.63, 3.8) is 0 Å². The van der Waals surface area contributed by atoms with E-state index in [1.54, 1.807) is 7.11 Å². The van der Waals surface area contributed by atoms with Gasteiger partial charge in [-0.25, -0.2) is 0 Å². The molecule has 0 heterocycles. The van der Waals surface area contributed by atoms with Crippen LogP contribution in [0, 0.1) is 11.8 Å². The summed E-state index contributed by atoms with van der Waals surface area (Å²) in [6.45, 7) is 6.36. The zero-order chi connectivity index (χ0) is 13.5. The quantitative estimate of drug-likeness (QED) is 0.728. The molecule has 0 amide bonds. The average Bonchev–Trinajstić information content (AvgIpc) is 2.36. The van der Waals surface area contributed by atoms with Crippen LogP contribution in [0.4, 0.5) is 0 Å². The lowest BCUT2D eigenvalue weighted by atomic mass is 9.89. The second-order valence-corrected chi connectivity index (χ2v) is 4.65. The lowest BCUT2D eigenvalue weighted by Gasteiger charge is -2.19. The van der Waals surface area contributed by atoms with Crippen LogP contribution in [0.2, 0.25) is 0 Å². The van der Waals surface area contributed by atoms with Crippen LogP contribution >= 0.6 is 0 Å². The van der Waals surface area contributed by atoms with Crippen LogP contribution in [-0.4, -0.2) is 19.7 Å². The second-order valence-electron chi connectivity index (χ2n) is 4.65. The first-order chi connectivity index (χ1) is 8.58. The van der Waals surface area contributed by atoms with Crippen LogP contribution in [0.3, 0.4) is 0 Å². The van der Waals surface area contributed by atoms with Gasteiger partial charge in [-0.2, -0.15) is 0 Å². The largest absolute Gasteiger partial charge is 0.497 e. The van der Waals surface area contributed by atoms with Crippen molar-refractivity contribution in [2.24, 2.45) is 11.8 Å². The summed E-state index contributed by atoms with van der Waals surface area (Å²) >= 11 is 0. The molecule has 0 bridgehead atoms. The number of hydrogen-bond acceptors (Lipinski definition) is 3. The third-order valence-corrected chi connectivity index (χ3v) is 3.01. The molecule has 3 nitrogen and oxygen atoms in total. The molecule has 0 saturated heterocycles. The summed E-state index contributed by atoms with van der Waals surface area (Å²) < 4.78 is 10.2. The molecule has 0 aliphatic heterocycles. The van der Waals surface area contributed by atoms with Crippen molar-refractivity contribution < 1.29 is 14.3 Å². The number of rotatable bonds is 6. The van der Waals surface area contributed by atoms with E-state index in [-0.39, 0.29) is 17.8 Å². The minimum atomic E-state index is -0.108. The number of hydrogen-bond donors (Lipinski definition) is 0. The average molecular weight is 250 g/mol. The van der Waals surface area contributed by atoms with Crippen molar-refractivity contribution in [1.29, 1.82) is 0 Å². The molecule has 1 unspecified atom stereocenters. The summed E-state index contributed by atoms with van der Waals surface area (Å²) in [5.74, 6) is 0.906. The van der Waals surface area contributed by atoms with E-state index in [4.69, 9.17) is 9.47 Å². The van der Waals surface area contributed by atoms with Gasteiger partial charge in [0.15, 0.2) is 0 Å². The molecule has 18 heavy (non-hydrogen) atoms. The van der Waals surface area contributed by atoms with Gasteiger partial charge in [0.1, 0.15) is 5.75 Å². The highest BCUT2D eigenvalue weighted by Crippen LogP contribution is 2.20. The maximum Gasteiger partial charge on any atom is 0.309 e. The van der Waals surface area contributed by atoms with Gasteiger partial charge in [-0.15, -0.1) is 0 Å². The Hall–Kier alpha value is -1.51. The van der Waals surface area contributed by atoms with Crippen LogP contribution < -0.4 is 4.74 Å². The van der Waals surface area contributed by atoms with Gasteiger partial charge in [0, 0.05) is 0 Å². The Morgan fingerprint density at radius 1 is 1.22 bits per heavy atom. The summed E-state index contributed by atoms with van der Waals surface area (Å²) in [7, 11) is 1.64. The number of carbonyl (C=O) groups is 1. The molecule has 0 fully saturated rings. The molecule has 3 heteroatoms. The van der Waals surface area contributed by atoms with E-state index in [0.29, 0.717) is 13.0 Å². The van der Waals surface area contributed by atoms with Crippen LogP contribution in [0.5, 0.6) is 5.75 Å². The number of ether oxygens (including phenoxy) is 2. The van der Waals surface area contributed by atoms with Crippen LogP contribution in [0.15, 0.2) is 24.3 Å². The van der Waals surface area contributed by atoms with E-state index >= 15 is 0 Å². The third-order valence-electron chi connectivity index (χ3n) is 3.01. The van der Waals surface area contributed by atoms with Gasteiger partial charge in [0.2, 0.25) is 0 Å². The molecule has 100 valence electrons. The highest BCUT2D eigenvalue weighted by Gasteiger charge is 2.23. The number of benzene rings is 1. The van der Waals surface area contributed by atoms with Crippen LogP contribution in [0.1, 0.15) is 26.3 Å². The fraction of sp³-hybridized carbons (Fsp3) is 0.533. The number of esters is 1. The summed E-state index contributed by atoms with van der Waals surface area (Å²) in [6.07, 6.45) is 0.709. The normalized spacial score (nSPS) is 12.3. The van der Waals surface area contributed by atoms with Gasteiger partial charge >= 0.3 is 5.97 Å². The molecule has 1 rings (SSSR count). The van der Waals surface area contributed by atoms with Gasteiger partial charge in [0.05, 0.1) is 19.6 Å². The minimum absolute atomic E-state index is 0.0849. The van der Waals surface area contributed by atoms with Crippen molar-refractivity contribution in [3.05, 3.63) is 29.8 Å². The fourth-order valence-electron chi connectivity index (χ4n) is 1.86. The highest BCUT2D eigenvalue weighted by atomic mass is 16.5. The van der Waals surface area contributed by atoms with Crippen molar-refractivity contribution >= 4 is 5.97 Å². The van der Waals surface area contributed by atoms with Crippen LogP contribution in [0.25, 0.3) is 0 Å². The topological polar surface area (TPSA) is 35.5 Å². The molecular formula is C15H22O3. The summed E-state index contributed by atoms with van der Waals surface area (Å²) in [4.78, 5) is 11.9. The smallest absolute Gasteiger partial charge is 0.309 e. The van der Waals surface area contributed by atoms with Crippen molar-refractivity contribution in [2.75, 3.05) is 13.7 Å². The Labute approximate surface area is 109 Å². The molecule has 0 radical (unpaired) electrons. The molecule has 0 aliphatic carbocycles. The molecule has 0 aromatic heterocycles. The van der Waals surface area contributed by atoms with Crippen LogP contribution in [-0.2, 0) is 16.0 Å². The summed E-state index contributed by atoms with van der Waals surface area (Å²) in [5, 5.41) is 0. The van der Waals surface area contributed by atoms with E-state index in [2.05, 4.69) is 0 Å². The summed E-state index contributed by atoms with van der Waals surface area (Å²) in [6, 6.07) is 7.82. The Bertz CT molecular complexity index is 368. The SMILES string of the molecule is CCOC(=O)C(Cc1ccc(OC)cc1)C(C)C. The molecule has 0 spiro atoms. The first-order valence-corrected chi connectivity index (χ1v) is 6.38. The van der Waals surface area contributed by atoms with Gasteiger partial charge < -0.3 is 9.47 Å². The lowest BCUT2D eigenvalue weighted by molar-refractivity contribution is -0.149. The molecule has 0 aliphatic rings. The number of methoxy groups -OCH3 is 1. The molecule has 1 aromatic rings. The molecular weight excluding hydrogens is 228 g/mol. The monoisotopic (exact) mass is 250 g/mol. The Morgan fingerprint density at radius 2 is 1.83 bits per heavy atom. The van der Waals surface area contributed by atoms with Gasteiger partial charge in [0.25, 0.3) is 0 Å². The first-order valence-electron chi connectivity index (χ1n) is 6.38. The molecule has 0 N–H and O–H groups in total. The molecule has 0 saturated carbocycles. The predicted molar refractivity (Wildman–Crippen MR) is 71.7 cm³/mol. The van der Waals surface area contributed by atoms with Gasteiger partial charge in [-0.1, -0.05) is 26.0 Å². The van der Waals surface area contributed by atoms with E-state index < -0.39 is 0 Å². The summed E-state index contributed by atoms with van der Waals surface area (Å²) in [5.41, 5.74) is 1.13. The van der Waals surface area contributed by atoms with E-state index in [1.807, 2.05) is 45.0 Å². The Balaban J connectivity index is 2.73. The fourth-order valence-corrected chi connectivity index (χ4v) is 1.86. The molecule has 1 atom stereocenters. The third kappa shape index (κ3) is 4.06. The zero-order valence-corrected chi connectivity index (χ0v) is 11.6. The predicted octanol–water partition coefficient (Wildman–Crippen LogP) is 3.07.